The van der Waals surface area contributed by atoms with Gasteiger partial charge in [-0.3, -0.25) is 9.59 Å². The summed E-state index contributed by atoms with van der Waals surface area (Å²) in [6.07, 6.45) is 0. The summed E-state index contributed by atoms with van der Waals surface area (Å²) in [4.78, 5) is 27.5. The molecule has 1 aromatic heterocycles. The van der Waals surface area contributed by atoms with E-state index in [1.54, 1.807) is 19.2 Å². The van der Waals surface area contributed by atoms with E-state index in [9.17, 15) is 9.59 Å². The summed E-state index contributed by atoms with van der Waals surface area (Å²) >= 11 is 1.41. The maximum Gasteiger partial charge on any atom is 0.256 e. The summed E-state index contributed by atoms with van der Waals surface area (Å²) in [7, 11) is 5.48. The van der Waals surface area contributed by atoms with Crippen LogP contribution in [0.1, 0.15) is 31.2 Å². The third-order valence-electron chi connectivity index (χ3n) is 3.71. The molecule has 0 saturated heterocycles. The van der Waals surface area contributed by atoms with Crippen LogP contribution < -0.4 is 15.5 Å². The van der Waals surface area contributed by atoms with Crippen molar-refractivity contribution in [3.8, 4) is 0 Å². The first-order valence-electron chi connectivity index (χ1n) is 7.26. The van der Waals surface area contributed by atoms with Crippen LogP contribution in [0.15, 0.2) is 24.3 Å². The van der Waals surface area contributed by atoms with Gasteiger partial charge >= 0.3 is 0 Å². The fraction of sp³-hybridized carbons (Fsp3) is 0.294. The second-order valence-electron chi connectivity index (χ2n) is 5.46. The van der Waals surface area contributed by atoms with Crippen LogP contribution in [0.3, 0.4) is 0 Å². The Morgan fingerprint density at radius 1 is 1.04 bits per heavy atom. The normalized spacial score (nSPS) is 10.3. The van der Waals surface area contributed by atoms with Crippen LogP contribution in [0.5, 0.6) is 0 Å². The van der Waals surface area contributed by atoms with Gasteiger partial charge in [0.05, 0.1) is 5.56 Å². The highest BCUT2D eigenvalue weighted by Crippen LogP contribution is 2.32. The highest BCUT2D eigenvalue weighted by molar-refractivity contribution is 7.16. The van der Waals surface area contributed by atoms with E-state index in [0.717, 1.165) is 16.1 Å². The van der Waals surface area contributed by atoms with Gasteiger partial charge in [-0.05, 0) is 43.7 Å². The minimum absolute atomic E-state index is 0.190. The number of hydrogen-bond acceptors (Lipinski definition) is 4. The van der Waals surface area contributed by atoms with Gasteiger partial charge in [-0.2, -0.15) is 0 Å². The van der Waals surface area contributed by atoms with Gasteiger partial charge in [-0.1, -0.05) is 0 Å². The van der Waals surface area contributed by atoms with Crippen molar-refractivity contribution in [3.05, 3.63) is 45.8 Å². The molecule has 1 aromatic carbocycles. The number of carbonyl (C=O) groups is 2. The lowest BCUT2D eigenvalue weighted by Gasteiger charge is -2.12. The SMILES string of the molecule is CNC(=O)c1c(NC(=O)c2ccc(N(C)C)cc2)sc(C)c1C. The second kappa shape index (κ2) is 6.83. The Labute approximate surface area is 140 Å². The number of carbonyl (C=O) groups excluding carboxylic acids is 2. The van der Waals surface area contributed by atoms with Crippen LogP contribution in [-0.2, 0) is 0 Å². The average molecular weight is 331 g/mol. The predicted molar refractivity (Wildman–Crippen MR) is 95.9 cm³/mol. The lowest BCUT2D eigenvalue weighted by Crippen LogP contribution is -2.21. The van der Waals surface area contributed by atoms with Crippen LogP contribution in [0.2, 0.25) is 0 Å². The van der Waals surface area contributed by atoms with Gasteiger partial charge in [-0.15, -0.1) is 11.3 Å². The first-order valence-corrected chi connectivity index (χ1v) is 8.07. The molecule has 0 fully saturated rings. The van der Waals surface area contributed by atoms with Crippen LogP contribution >= 0.6 is 11.3 Å². The molecule has 1 heterocycles. The molecule has 0 aliphatic heterocycles. The minimum Gasteiger partial charge on any atom is -0.378 e. The second-order valence-corrected chi connectivity index (χ2v) is 6.69. The summed E-state index contributed by atoms with van der Waals surface area (Å²) < 4.78 is 0. The van der Waals surface area contributed by atoms with Crippen molar-refractivity contribution in [2.75, 3.05) is 31.4 Å². The fourth-order valence-corrected chi connectivity index (χ4v) is 3.25. The Morgan fingerprint density at radius 2 is 1.65 bits per heavy atom. The monoisotopic (exact) mass is 331 g/mol. The molecular weight excluding hydrogens is 310 g/mol. The molecule has 0 radical (unpaired) electrons. The minimum atomic E-state index is -0.221. The molecule has 2 rings (SSSR count). The van der Waals surface area contributed by atoms with Crippen LogP contribution in [-0.4, -0.2) is 33.0 Å². The molecule has 2 N–H and O–H groups in total. The third kappa shape index (κ3) is 3.53. The molecule has 0 unspecified atom stereocenters. The highest BCUT2D eigenvalue weighted by Gasteiger charge is 2.20. The van der Waals surface area contributed by atoms with Crippen molar-refractivity contribution in [2.45, 2.75) is 13.8 Å². The molecule has 23 heavy (non-hydrogen) atoms. The molecule has 0 saturated carbocycles. The first-order chi connectivity index (χ1) is 10.8. The van der Waals surface area contributed by atoms with E-state index >= 15 is 0 Å². The number of amides is 2. The number of anilines is 2. The summed E-state index contributed by atoms with van der Waals surface area (Å²) in [6, 6.07) is 7.33. The maximum absolute atomic E-state index is 12.4. The molecule has 2 aromatic rings. The summed E-state index contributed by atoms with van der Waals surface area (Å²) in [5.74, 6) is -0.410. The van der Waals surface area contributed by atoms with Crippen LogP contribution in [0.25, 0.3) is 0 Å². The largest absolute Gasteiger partial charge is 0.378 e. The van der Waals surface area contributed by atoms with Gasteiger partial charge in [0.15, 0.2) is 0 Å². The number of rotatable bonds is 4. The molecule has 0 aliphatic carbocycles. The van der Waals surface area contributed by atoms with Gasteiger partial charge in [-0.25, -0.2) is 0 Å². The Morgan fingerprint density at radius 3 is 2.17 bits per heavy atom. The molecule has 0 spiro atoms. The van der Waals surface area contributed by atoms with E-state index in [1.807, 2.05) is 45.0 Å². The molecule has 0 aliphatic rings. The molecule has 122 valence electrons. The van der Waals surface area contributed by atoms with Crippen molar-refractivity contribution in [3.63, 3.8) is 0 Å². The summed E-state index contributed by atoms with van der Waals surface area (Å²) in [5.41, 5.74) is 3.01. The van der Waals surface area contributed by atoms with Crippen LogP contribution in [0.4, 0.5) is 10.7 Å². The number of benzene rings is 1. The summed E-state index contributed by atoms with van der Waals surface area (Å²) in [6.45, 7) is 3.83. The predicted octanol–water partition coefficient (Wildman–Crippen LogP) is 3.04. The number of nitrogens with zero attached hydrogens (tertiary/aromatic N) is 1. The van der Waals surface area contributed by atoms with Crippen LogP contribution in [0, 0.1) is 13.8 Å². The Kier molecular flexibility index (Phi) is 5.05. The average Bonchev–Trinajstić information content (AvgIpc) is 2.81. The summed E-state index contributed by atoms with van der Waals surface area (Å²) in [5, 5.41) is 6.06. The highest BCUT2D eigenvalue weighted by atomic mass is 32.1. The molecule has 5 nitrogen and oxygen atoms in total. The van der Waals surface area contributed by atoms with E-state index in [-0.39, 0.29) is 11.8 Å². The van der Waals surface area contributed by atoms with Crippen molar-refractivity contribution >= 4 is 33.8 Å². The zero-order valence-corrected chi connectivity index (χ0v) is 14.8. The van der Waals surface area contributed by atoms with E-state index in [0.29, 0.717) is 16.1 Å². The number of nitrogens with one attached hydrogen (secondary N) is 2. The van der Waals surface area contributed by atoms with Crippen molar-refractivity contribution < 1.29 is 9.59 Å². The first kappa shape index (κ1) is 17.0. The van der Waals surface area contributed by atoms with E-state index in [4.69, 9.17) is 0 Å². The molecule has 6 heteroatoms. The standard InChI is InChI=1S/C17H21N3O2S/c1-10-11(2)23-17(14(10)16(22)18-3)19-15(21)12-6-8-13(9-7-12)20(4)5/h6-9H,1-5H3,(H,18,22)(H,19,21). The zero-order valence-electron chi connectivity index (χ0n) is 14.0. The Balaban J connectivity index is 2.27. The van der Waals surface area contributed by atoms with E-state index in [1.165, 1.54) is 11.3 Å². The fourth-order valence-electron chi connectivity index (χ4n) is 2.20. The lowest BCUT2D eigenvalue weighted by molar-refractivity contribution is 0.0963. The van der Waals surface area contributed by atoms with Gasteiger partial charge < -0.3 is 15.5 Å². The van der Waals surface area contributed by atoms with E-state index < -0.39 is 0 Å². The quantitative estimate of drug-likeness (QED) is 0.905. The van der Waals surface area contributed by atoms with Crippen molar-refractivity contribution in [2.24, 2.45) is 0 Å². The molecule has 2 amide bonds. The van der Waals surface area contributed by atoms with Gasteiger partial charge in [0.1, 0.15) is 5.00 Å². The zero-order chi connectivity index (χ0) is 17.1. The number of aryl methyl sites for hydroxylation is 1. The topological polar surface area (TPSA) is 61.4 Å². The third-order valence-corrected chi connectivity index (χ3v) is 4.84. The molecular formula is C17H21N3O2S. The smallest absolute Gasteiger partial charge is 0.256 e. The van der Waals surface area contributed by atoms with Gasteiger partial charge in [0.2, 0.25) is 0 Å². The maximum atomic E-state index is 12.4. The Hall–Kier alpha value is -2.34. The molecule has 0 atom stereocenters. The van der Waals surface area contributed by atoms with Gasteiger partial charge in [0, 0.05) is 37.3 Å². The number of thiophene rings is 1. The Bertz CT molecular complexity index is 733. The van der Waals surface area contributed by atoms with Crippen molar-refractivity contribution in [1.82, 2.24) is 5.32 Å². The van der Waals surface area contributed by atoms with Gasteiger partial charge in [0.25, 0.3) is 11.8 Å². The van der Waals surface area contributed by atoms with Crippen molar-refractivity contribution in [1.29, 1.82) is 0 Å². The lowest BCUT2D eigenvalue weighted by atomic mass is 10.1. The number of hydrogen-bond donors (Lipinski definition) is 2. The van der Waals surface area contributed by atoms with E-state index in [2.05, 4.69) is 10.6 Å². The molecule has 0 bridgehead atoms.